The Morgan fingerprint density at radius 3 is 3.05 bits per heavy atom. The van der Waals surface area contributed by atoms with E-state index in [0.717, 1.165) is 36.8 Å². The number of ether oxygens (including phenoxy) is 1. The van der Waals surface area contributed by atoms with Crippen molar-refractivity contribution >= 4 is 5.78 Å². The first-order valence-electron chi connectivity index (χ1n) is 7.55. The summed E-state index contributed by atoms with van der Waals surface area (Å²) in [6.07, 6.45) is 5.90. The van der Waals surface area contributed by atoms with Crippen molar-refractivity contribution < 1.29 is 19.7 Å². The third kappa shape index (κ3) is 1.06. The number of benzene rings is 1. The minimum absolute atomic E-state index is 0.0664. The van der Waals surface area contributed by atoms with Gasteiger partial charge >= 0.3 is 0 Å². The van der Waals surface area contributed by atoms with Crippen LogP contribution in [0.25, 0.3) is 0 Å². The number of aliphatic hydroxyl groups is 1. The highest BCUT2D eigenvalue weighted by molar-refractivity contribution is 5.98. The van der Waals surface area contributed by atoms with Crippen LogP contribution in [0.4, 0.5) is 0 Å². The molecule has 5 rings (SSSR count). The van der Waals surface area contributed by atoms with Gasteiger partial charge in [0.25, 0.3) is 0 Å². The molecule has 21 heavy (non-hydrogen) atoms. The molecule has 1 saturated carbocycles. The van der Waals surface area contributed by atoms with E-state index in [1.807, 2.05) is 6.07 Å². The van der Waals surface area contributed by atoms with Crippen molar-refractivity contribution in [2.75, 3.05) is 0 Å². The van der Waals surface area contributed by atoms with Crippen molar-refractivity contribution in [3.8, 4) is 11.5 Å². The second kappa shape index (κ2) is 3.33. The molecule has 0 aromatic heterocycles. The van der Waals surface area contributed by atoms with Gasteiger partial charge in [-0.3, -0.25) is 4.79 Å². The predicted octanol–water partition coefficient (Wildman–Crippen LogP) is 1.62. The molecule has 2 bridgehead atoms. The lowest BCUT2D eigenvalue weighted by Crippen LogP contribution is -2.68. The van der Waals surface area contributed by atoms with Crippen LogP contribution in [0.1, 0.15) is 30.4 Å². The monoisotopic (exact) mass is 284 g/mol. The fraction of sp³-hybridized carbons (Fsp3) is 0.471. The Hall–Kier alpha value is -1.81. The Morgan fingerprint density at radius 1 is 1.33 bits per heavy atom. The van der Waals surface area contributed by atoms with Crippen molar-refractivity contribution in [1.29, 1.82) is 0 Å². The molecule has 1 aromatic rings. The quantitative estimate of drug-likeness (QED) is 0.759. The van der Waals surface area contributed by atoms with E-state index in [4.69, 9.17) is 4.74 Å². The molecule has 1 unspecified atom stereocenters. The second-order valence-corrected chi connectivity index (χ2v) is 6.77. The van der Waals surface area contributed by atoms with E-state index in [1.165, 1.54) is 6.08 Å². The highest BCUT2D eigenvalue weighted by atomic mass is 16.5. The average molecular weight is 284 g/mol. The molecule has 4 nitrogen and oxygen atoms in total. The summed E-state index contributed by atoms with van der Waals surface area (Å²) in [5, 5.41) is 21.6. The lowest BCUT2D eigenvalue weighted by molar-refractivity contribution is -0.144. The maximum Gasteiger partial charge on any atom is 0.196 e. The molecule has 4 heteroatoms. The van der Waals surface area contributed by atoms with E-state index >= 15 is 0 Å². The molecule has 1 spiro atoms. The predicted molar refractivity (Wildman–Crippen MR) is 74.3 cm³/mol. The number of hydrogen-bond acceptors (Lipinski definition) is 4. The van der Waals surface area contributed by atoms with E-state index in [-0.39, 0.29) is 17.5 Å². The van der Waals surface area contributed by atoms with E-state index in [9.17, 15) is 15.0 Å². The number of rotatable bonds is 0. The molecular formula is C17H16O4. The second-order valence-electron chi connectivity index (χ2n) is 6.77. The molecule has 1 aromatic carbocycles. The first-order valence-corrected chi connectivity index (χ1v) is 7.55. The van der Waals surface area contributed by atoms with Gasteiger partial charge in [-0.1, -0.05) is 12.5 Å². The van der Waals surface area contributed by atoms with Crippen molar-refractivity contribution in [2.45, 2.75) is 42.8 Å². The molecule has 4 atom stereocenters. The number of hydrogen-bond donors (Lipinski definition) is 2. The van der Waals surface area contributed by atoms with Crippen molar-refractivity contribution in [2.24, 2.45) is 5.92 Å². The minimum atomic E-state index is -1.03. The van der Waals surface area contributed by atoms with Crippen LogP contribution in [0.5, 0.6) is 11.5 Å². The smallest absolute Gasteiger partial charge is 0.196 e. The SMILES string of the molecule is O=C1C=C[C@@]2(O)[C@@H]3CCCC24c2c(ccc(O)c2O[C@@H]14)C3. The first-order chi connectivity index (χ1) is 10.1. The topological polar surface area (TPSA) is 66.8 Å². The maximum atomic E-state index is 12.4. The summed E-state index contributed by atoms with van der Waals surface area (Å²) in [6, 6.07) is 3.56. The zero-order chi connectivity index (χ0) is 14.4. The van der Waals surface area contributed by atoms with Crippen LogP contribution in [0.2, 0.25) is 0 Å². The van der Waals surface area contributed by atoms with Gasteiger partial charge in [-0.2, -0.15) is 0 Å². The lowest BCUT2D eigenvalue weighted by Gasteiger charge is -2.57. The third-order valence-electron chi connectivity index (χ3n) is 6.04. The van der Waals surface area contributed by atoms with Gasteiger partial charge in [-0.05, 0) is 49.0 Å². The van der Waals surface area contributed by atoms with Crippen molar-refractivity contribution in [3.63, 3.8) is 0 Å². The van der Waals surface area contributed by atoms with Crippen LogP contribution in [-0.4, -0.2) is 27.7 Å². The summed E-state index contributed by atoms with van der Waals surface area (Å²) >= 11 is 0. The Labute approximate surface area is 122 Å². The molecule has 1 heterocycles. The highest BCUT2D eigenvalue weighted by Gasteiger charge is 2.70. The van der Waals surface area contributed by atoms with Gasteiger partial charge in [-0.15, -0.1) is 0 Å². The fourth-order valence-corrected chi connectivity index (χ4v) is 5.22. The normalized spacial score (nSPS) is 41.7. The summed E-state index contributed by atoms with van der Waals surface area (Å²) in [5.74, 6) is 0.485. The number of ketones is 1. The number of aromatic hydroxyl groups is 1. The maximum absolute atomic E-state index is 12.4. The molecule has 108 valence electrons. The Kier molecular flexibility index (Phi) is 1.87. The standard InChI is InChI=1S/C17H16O4/c18-11-4-3-9-8-10-2-1-6-16-13(9)14(11)21-15(16)12(19)5-7-17(10,16)20/h3-5,7,10,15,18,20H,1-2,6,8H2/t10-,15+,16?,17-/m1/s1. The lowest BCUT2D eigenvalue weighted by atomic mass is 9.47. The number of phenolic OH excluding ortho intramolecular Hbond substituents is 1. The summed E-state index contributed by atoms with van der Waals surface area (Å²) in [6.45, 7) is 0. The van der Waals surface area contributed by atoms with Crippen LogP contribution >= 0.6 is 0 Å². The van der Waals surface area contributed by atoms with Gasteiger partial charge < -0.3 is 14.9 Å². The first kappa shape index (κ1) is 11.8. The summed E-state index contributed by atoms with van der Waals surface area (Å²) in [7, 11) is 0. The zero-order valence-corrected chi connectivity index (χ0v) is 11.5. The van der Waals surface area contributed by atoms with E-state index in [1.54, 1.807) is 12.1 Å². The highest BCUT2D eigenvalue weighted by Crippen LogP contribution is 2.65. The summed E-state index contributed by atoms with van der Waals surface area (Å²) < 4.78 is 5.88. The van der Waals surface area contributed by atoms with Crippen molar-refractivity contribution in [3.05, 3.63) is 35.4 Å². The molecule has 4 aliphatic rings. The van der Waals surface area contributed by atoms with Gasteiger partial charge in [0.2, 0.25) is 0 Å². The van der Waals surface area contributed by atoms with Crippen LogP contribution in [0.3, 0.4) is 0 Å². The number of phenols is 1. The minimum Gasteiger partial charge on any atom is -0.504 e. The van der Waals surface area contributed by atoms with Gasteiger partial charge in [0.15, 0.2) is 23.4 Å². The largest absolute Gasteiger partial charge is 0.504 e. The van der Waals surface area contributed by atoms with Gasteiger partial charge in [-0.25, -0.2) is 0 Å². The van der Waals surface area contributed by atoms with Crippen LogP contribution in [-0.2, 0) is 16.6 Å². The summed E-state index contributed by atoms with van der Waals surface area (Å²) in [4.78, 5) is 12.4. The zero-order valence-electron chi connectivity index (χ0n) is 11.5. The van der Waals surface area contributed by atoms with Gasteiger partial charge in [0.05, 0.1) is 5.41 Å². The van der Waals surface area contributed by atoms with E-state index < -0.39 is 17.1 Å². The molecule has 2 N–H and O–H groups in total. The Bertz CT molecular complexity index is 722. The third-order valence-corrected chi connectivity index (χ3v) is 6.04. The van der Waals surface area contributed by atoms with Crippen LogP contribution in [0.15, 0.2) is 24.3 Å². The number of carbonyl (C=O) groups excluding carboxylic acids is 1. The molecule has 0 amide bonds. The molecule has 3 aliphatic carbocycles. The van der Waals surface area contributed by atoms with E-state index in [2.05, 4.69) is 0 Å². The molecule has 0 radical (unpaired) electrons. The molecule has 1 aliphatic heterocycles. The Morgan fingerprint density at radius 2 is 2.19 bits per heavy atom. The summed E-state index contributed by atoms with van der Waals surface area (Å²) in [5.41, 5.74) is 0.255. The average Bonchev–Trinajstić information content (AvgIpc) is 2.80. The van der Waals surface area contributed by atoms with Gasteiger partial charge in [0.1, 0.15) is 5.60 Å². The van der Waals surface area contributed by atoms with Crippen LogP contribution < -0.4 is 4.74 Å². The van der Waals surface area contributed by atoms with E-state index in [0.29, 0.717) is 5.75 Å². The number of carbonyl (C=O) groups is 1. The van der Waals surface area contributed by atoms with Crippen LogP contribution in [0, 0.1) is 5.92 Å². The Balaban J connectivity index is 1.93. The fourth-order valence-electron chi connectivity index (χ4n) is 5.22. The molecule has 1 fully saturated rings. The van der Waals surface area contributed by atoms with Crippen molar-refractivity contribution in [1.82, 2.24) is 0 Å². The van der Waals surface area contributed by atoms with Gasteiger partial charge in [0, 0.05) is 5.56 Å². The molecule has 0 saturated heterocycles. The molecular weight excluding hydrogens is 268 g/mol.